The van der Waals surface area contributed by atoms with Crippen molar-refractivity contribution >= 4 is 23.2 Å². The first-order valence-corrected chi connectivity index (χ1v) is 8.78. The summed E-state index contributed by atoms with van der Waals surface area (Å²) in [6, 6.07) is 6.60. The third kappa shape index (κ3) is 3.93. The van der Waals surface area contributed by atoms with Crippen molar-refractivity contribution in [1.29, 1.82) is 0 Å². The number of aryl methyl sites for hydroxylation is 1. The van der Waals surface area contributed by atoms with Gasteiger partial charge in [-0.3, -0.25) is 14.5 Å². The fourth-order valence-corrected chi connectivity index (χ4v) is 3.27. The summed E-state index contributed by atoms with van der Waals surface area (Å²) in [4.78, 5) is 27.0. The van der Waals surface area contributed by atoms with Crippen LogP contribution in [0.15, 0.2) is 48.3 Å². The average molecular weight is 422 g/mol. The molecule has 2 aromatic carbocycles. The molecule has 3 N–H and O–H groups in total. The fraction of sp³-hybridized carbons (Fsp3) is 0.200. The van der Waals surface area contributed by atoms with Gasteiger partial charge in [-0.2, -0.15) is 13.2 Å². The van der Waals surface area contributed by atoms with E-state index in [-0.39, 0.29) is 23.7 Å². The first-order chi connectivity index (χ1) is 14.0. The van der Waals surface area contributed by atoms with Crippen LogP contribution in [-0.2, 0) is 11.0 Å². The van der Waals surface area contributed by atoms with Crippen LogP contribution in [0, 0.1) is 12.7 Å². The van der Waals surface area contributed by atoms with Crippen LogP contribution in [0.3, 0.4) is 0 Å². The number of hydrogen-bond acceptors (Lipinski definition) is 4. The van der Waals surface area contributed by atoms with Crippen molar-refractivity contribution < 1.29 is 27.2 Å². The van der Waals surface area contributed by atoms with Crippen LogP contribution in [-0.4, -0.2) is 30.4 Å². The lowest BCUT2D eigenvalue weighted by Crippen LogP contribution is -2.47. The maximum atomic E-state index is 13.6. The van der Waals surface area contributed by atoms with Crippen molar-refractivity contribution in [3.63, 3.8) is 0 Å². The quantitative estimate of drug-likeness (QED) is 0.586. The monoisotopic (exact) mass is 422 g/mol. The van der Waals surface area contributed by atoms with Gasteiger partial charge in [0.15, 0.2) is 0 Å². The van der Waals surface area contributed by atoms with Crippen LogP contribution in [0.2, 0.25) is 0 Å². The molecule has 0 saturated heterocycles. The summed E-state index contributed by atoms with van der Waals surface area (Å²) in [5, 5.41) is 2.69. The Labute approximate surface area is 169 Å². The van der Waals surface area contributed by atoms with E-state index in [0.717, 1.165) is 24.3 Å². The normalized spacial score (nSPS) is 14.6. The number of carbonyl (C=O) groups is 2. The van der Waals surface area contributed by atoms with E-state index in [1.165, 1.54) is 35.0 Å². The topological polar surface area (TPSA) is 78.7 Å². The minimum Gasteiger partial charge on any atom is -0.374 e. The molecule has 0 aliphatic carbocycles. The van der Waals surface area contributed by atoms with E-state index in [9.17, 15) is 27.2 Å². The van der Waals surface area contributed by atoms with Gasteiger partial charge < -0.3 is 16.0 Å². The lowest BCUT2D eigenvalue weighted by molar-refractivity contribution is -0.137. The summed E-state index contributed by atoms with van der Waals surface area (Å²) < 4.78 is 53.5. The number of carbonyl (C=O) groups excluding carboxylic acids is 2. The molecule has 10 heteroatoms. The molecule has 2 amide bonds. The smallest absolute Gasteiger partial charge is 0.374 e. The lowest BCUT2D eigenvalue weighted by Gasteiger charge is -2.39. The number of rotatable bonds is 4. The zero-order valence-electron chi connectivity index (χ0n) is 16.0. The zero-order valence-corrected chi connectivity index (χ0v) is 16.0. The summed E-state index contributed by atoms with van der Waals surface area (Å²) in [5.41, 5.74) is 5.15. The minimum absolute atomic E-state index is 0.0106. The van der Waals surface area contributed by atoms with Crippen LogP contribution in [0.4, 0.5) is 28.9 Å². The van der Waals surface area contributed by atoms with Gasteiger partial charge in [0, 0.05) is 18.8 Å². The third-order valence-corrected chi connectivity index (χ3v) is 4.65. The maximum Gasteiger partial charge on any atom is 0.416 e. The van der Waals surface area contributed by atoms with Crippen LogP contribution in [0.25, 0.3) is 0 Å². The first-order valence-electron chi connectivity index (χ1n) is 8.78. The standard InChI is InChI=1S/C20H18F4N4O2/c1-11-7-13(21)4-6-15(11)27-10-28(18(26-2)9-17(25)29)19(30)14-5-3-12(8-16(14)27)20(22,23)24/h3-9,26H,10H2,1-2H3,(H2,25,29)/b18-9+. The third-order valence-electron chi connectivity index (χ3n) is 4.65. The molecule has 158 valence electrons. The molecule has 0 saturated carbocycles. The number of nitrogens with one attached hydrogen (secondary N) is 1. The average Bonchev–Trinajstić information content (AvgIpc) is 2.66. The highest BCUT2D eigenvalue weighted by molar-refractivity contribution is 6.04. The molecule has 0 radical (unpaired) electrons. The summed E-state index contributed by atoms with van der Waals surface area (Å²) >= 11 is 0. The van der Waals surface area contributed by atoms with Crippen LogP contribution < -0.4 is 16.0 Å². The Bertz CT molecular complexity index is 1050. The van der Waals surface area contributed by atoms with Gasteiger partial charge in [0.05, 0.1) is 16.8 Å². The van der Waals surface area contributed by atoms with E-state index < -0.39 is 29.4 Å². The molecule has 1 aliphatic heterocycles. The van der Waals surface area contributed by atoms with E-state index >= 15 is 0 Å². The Morgan fingerprint density at radius 3 is 2.43 bits per heavy atom. The van der Waals surface area contributed by atoms with Gasteiger partial charge in [-0.05, 0) is 48.9 Å². The molecular weight excluding hydrogens is 404 g/mol. The van der Waals surface area contributed by atoms with Crippen molar-refractivity contribution in [1.82, 2.24) is 10.2 Å². The number of primary amides is 1. The van der Waals surface area contributed by atoms with Gasteiger partial charge in [-0.25, -0.2) is 4.39 Å². The number of fused-ring (bicyclic) bond motifs is 1. The van der Waals surface area contributed by atoms with E-state index in [1.807, 2.05) is 0 Å². The highest BCUT2D eigenvalue weighted by Crippen LogP contribution is 2.40. The van der Waals surface area contributed by atoms with Crippen LogP contribution >= 0.6 is 0 Å². The van der Waals surface area contributed by atoms with Crippen LogP contribution in [0.5, 0.6) is 0 Å². The molecule has 0 spiro atoms. The van der Waals surface area contributed by atoms with Crippen molar-refractivity contribution in [2.24, 2.45) is 5.73 Å². The van der Waals surface area contributed by atoms with E-state index in [0.29, 0.717) is 11.3 Å². The van der Waals surface area contributed by atoms with Crippen molar-refractivity contribution in [3.8, 4) is 0 Å². The largest absolute Gasteiger partial charge is 0.416 e. The Morgan fingerprint density at radius 2 is 1.87 bits per heavy atom. The van der Waals surface area contributed by atoms with Crippen LogP contribution in [0.1, 0.15) is 21.5 Å². The van der Waals surface area contributed by atoms with Gasteiger partial charge in [-0.15, -0.1) is 0 Å². The van der Waals surface area contributed by atoms with Gasteiger partial charge in [0.2, 0.25) is 5.91 Å². The highest BCUT2D eigenvalue weighted by Gasteiger charge is 2.37. The number of hydrogen-bond donors (Lipinski definition) is 2. The predicted molar refractivity (Wildman–Crippen MR) is 102 cm³/mol. The molecule has 0 bridgehead atoms. The Hall–Kier alpha value is -3.56. The predicted octanol–water partition coefficient (Wildman–Crippen LogP) is 3.25. The Morgan fingerprint density at radius 1 is 1.17 bits per heavy atom. The molecule has 1 heterocycles. The number of benzene rings is 2. The summed E-state index contributed by atoms with van der Waals surface area (Å²) in [6.45, 7) is 1.38. The first kappa shape index (κ1) is 21.2. The molecule has 1 aliphatic rings. The zero-order chi connectivity index (χ0) is 22.2. The van der Waals surface area contributed by atoms with Gasteiger partial charge >= 0.3 is 6.18 Å². The second-order valence-electron chi connectivity index (χ2n) is 6.65. The highest BCUT2D eigenvalue weighted by atomic mass is 19.4. The molecule has 0 fully saturated rings. The second kappa shape index (κ2) is 7.69. The molecular formula is C20H18F4N4O2. The summed E-state index contributed by atoms with van der Waals surface area (Å²) in [6.07, 6.45) is -3.61. The van der Waals surface area contributed by atoms with Gasteiger partial charge in [0.1, 0.15) is 18.3 Å². The molecule has 0 atom stereocenters. The Kier molecular flexibility index (Phi) is 5.43. The summed E-state index contributed by atoms with van der Waals surface area (Å²) in [7, 11) is 1.47. The number of nitrogens with zero attached hydrogens (tertiary/aromatic N) is 2. The van der Waals surface area contributed by atoms with E-state index in [4.69, 9.17) is 5.73 Å². The fourth-order valence-electron chi connectivity index (χ4n) is 3.27. The second-order valence-corrected chi connectivity index (χ2v) is 6.65. The summed E-state index contributed by atoms with van der Waals surface area (Å²) in [5.74, 6) is -1.86. The van der Waals surface area contributed by atoms with E-state index in [1.54, 1.807) is 6.92 Å². The van der Waals surface area contributed by atoms with Gasteiger partial charge in [-0.1, -0.05) is 0 Å². The number of anilines is 2. The van der Waals surface area contributed by atoms with Gasteiger partial charge in [0.25, 0.3) is 5.91 Å². The molecule has 30 heavy (non-hydrogen) atoms. The number of nitrogens with two attached hydrogens (primary N) is 1. The minimum atomic E-state index is -4.61. The molecule has 0 aromatic heterocycles. The van der Waals surface area contributed by atoms with Crippen molar-refractivity contribution in [2.75, 3.05) is 18.6 Å². The number of alkyl halides is 3. The van der Waals surface area contributed by atoms with E-state index in [2.05, 4.69) is 5.32 Å². The van der Waals surface area contributed by atoms with Crippen molar-refractivity contribution in [2.45, 2.75) is 13.1 Å². The number of amides is 2. The molecule has 3 rings (SSSR count). The molecule has 6 nitrogen and oxygen atoms in total. The molecule has 0 unspecified atom stereocenters. The SMILES string of the molecule is CN/C(=C\C(N)=O)N1CN(c2ccc(F)cc2C)c2cc(C(F)(F)F)ccc2C1=O. The lowest BCUT2D eigenvalue weighted by atomic mass is 10.0. The Balaban J connectivity index is 2.22. The maximum absolute atomic E-state index is 13.6. The molecule has 2 aromatic rings. The number of halogens is 4. The van der Waals surface area contributed by atoms with Crippen molar-refractivity contribution in [3.05, 3.63) is 70.8 Å².